The van der Waals surface area contributed by atoms with Crippen molar-refractivity contribution < 1.29 is 8.42 Å². The fraction of sp³-hybridized carbons (Fsp3) is 0.714. The van der Waals surface area contributed by atoms with E-state index in [4.69, 9.17) is 12.2 Å². The summed E-state index contributed by atoms with van der Waals surface area (Å²) in [5.74, 6) is 0.216. The normalized spacial score (nSPS) is 24.4. The van der Waals surface area contributed by atoms with Crippen molar-refractivity contribution in [1.29, 1.82) is 0 Å². The van der Waals surface area contributed by atoms with Crippen molar-refractivity contribution in [2.45, 2.75) is 24.6 Å². The third-order valence-corrected chi connectivity index (χ3v) is 5.20. The van der Waals surface area contributed by atoms with Gasteiger partial charge < -0.3 is 0 Å². The van der Waals surface area contributed by atoms with Crippen molar-refractivity contribution in [3.05, 3.63) is 15.3 Å². The first-order valence-corrected chi connectivity index (χ1v) is 6.72. The van der Waals surface area contributed by atoms with E-state index in [9.17, 15) is 13.2 Å². The fourth-order valence-electron chi connectivity index (χ4n) is 1.77. The average molecular weight is 249 g/mol. The summed E-state index contributed by atoms with van der Waals surface area (Å²) in [6.07, 6.45) is 1.28. The first-order valence-electron chi connectivity index (χ1n) is 4.60. The Kier molecular flexibility index (Phi) is 2.55. The zero-order valence-electron chi connectivity index (χ0n) is 7.89. The van der Waals surface area contributed by atoms with Crippen molar-refractivity contribution >= 4 is 22.1 Å². The molecule has 1 aromatic rings. The SMILES string of the molecule is O=c1[nH][nH]c(=S)n1CC1CCCS1(=O)=O. The minimum absolute atomic E-state index is 0.153. The predicted octanol–water partition coefficient (Wildman–Crippen LogP) is -0.189. The van der Waals surface area contributed by atoms with Gasteiger partial charge in [0.05, 0.1) is 11.0 Å². The van der Waals surface area contributed by atoms with Crippen molar-refractivity contribution in [1.82, 2.24) is 14.8 Å². The molecule has 2 N–H and O–H groups in total. The summed E-state index contributed by atoms with van der Waals surface area (Å²) in [6.45, 7) is 0.153. The van der Waals surface area contributed by atoms with Crippen LogP contribution >= 0.6 is 12.2 Å². The summed E-state index contributed by atoms with van der Waals surface area (Å²) in [4.78, 5) is 11.3. The van der Waals surface area contributed by atoms with Crippen LogP contribution in [-0.2, 0) is 16.4 Å². The summed E-state index contributed by atoms with van der Waals surface area (Å²) in [6, 6.07) is 0. The van der Waals surface area contributed by atoms with Gasteiger partial charge in [0.25, 0.3) is 0 Å². The van der Waals surface area contributed by atoms with Crippen LogP contribution in [0.5, 0.6) is 0 Å². The Bertz CT molecular complexity index is 537. The molecule has 1 saturated heterocycles. The molecular weight excluding hydrogens is 238 g/mol. The molecule has 1 fully saturated rings. The maximum atomic E-state index is 11.5. The molecule has 0 amide bonds. The molecule has 84 valence electrons. The molecule has 0 aliphatic carbocycles. The van der Waals surface area contributed by atoms with Crippen LogP contribution in [0.15, 0.2) is 4.79 Å². The van der Waals surface area contributed by atoms with Gasteiger partial charge in [-0.15, -0.1) is 0 Å². The molecular formula is C7H11N3O3S2. The van der Waals surface area contributed by atoms with Crippen LogP contribution in [0, 0.1) is 4.77 Å². The van der Waals surface area contributed by atoms with E-state index in [0.717, 1.165) is 0 Å². The fourth-order valence-corrected chi connectivity index (χ4v) is 3.78. The highest BCUT2D eigenvalue weighted by Crippen LogP contribution is 2.20. The third kappa shape index (κ3) is 1.91. The molecule has 1 aliphatic heterocycles. The Balaban J connectivity index is 2.31. The lowest BCUT2D eigenvalue weighted by atomic mass is 10.2. The second-order valence-electron chi connectivity index (χ2n) is 3.60. The van der Waals surface area contributed by atoms with E-state index in [1.165, 1.54) is 4.57 Å². The first-order chi connectivity index (χ1) is 7.00. The van der Waals surface area contributed by atoms with Crippen LogP contribution in [-0.4, -0.2) is 34.2 Å². The van der Waals surface area contributed by atoms with Crippen LogP contribution in [0.25, 0.3) is 0 Å². The van der Waals surface area contributed by atoms with E-state index in [-0.39, 0.29) is 22.8 Å². The minimum atomic E-state index is -3.03. The zero-order chi connectivity index (χ0) is 11.1. The van der Waals surface area contributed by atoms with Crippen molar-refractivity contribution in [3.8, 4) is 0 Å². The van der Waals surface area contributed by atoms with E-state index in [1.54, 1.807) is 0 Å². The molecule has 1 aliphatic rings. The third-order valence-electron chi connectivity index (χ3n) is 2.62. The highest BCUT2D eigenvalue weighted by Gasteiger charge is 2.31. The van der Waals surface area contributed by atoms with Crippen LogP contribution in [0.3, 0.4) is 0 Å². The number of nitrogens with zero attached hydrogens (tertiary/aromatic N) is 1. The molecule has 0 radical (unpaired) electrons. The summed E-state index contributed by atoms with van der Waals surface area (Å²) in [7, 11) is -3.03. The summed E-state index contributed by atoms with van der Waals surface area (Å²) >= 11 is 4.86. The summed E-state index contributed by atoms with van der Waals surface area (Å²) in [5, 5.41) is 4.33. The number of aromatic nitrogens is 3. The molecule has 15 heavy (non-hydrogen) atoms. The first kappa shape index (κ1) is 10.6. The molecule has 6 nitrogen and oxygen atoms in total. The van der Waals surface area contributed by atoms with Gasteiger partial charge in [-0.1, -0.05) is 0 Å². The number of nitrogens with one attached hydrogen (secondary N) is 2. The molecule has 1 atom stereocenters. The highest BCUT2D eigenvalue weighted by atomic mass is 32.2. The number of H-pyrrole nitrogens is 2. The highest BCUT2D eigenvalue weighted by molar-refractivity contribution is 7.92. The van der Waals surface area contributed by atoms with E-state index >= 15 is 0 Å². The minimum Gasteiger partial charge on any atom is -0.272 e. The largest absolute Gasteiger partial charge is 0.342 e. The molecule has 2 heterocycles. The zero-order valence-corrected chi connectivity index (χ0v) is 9.53. The molecule has 1 unspecified atom stereocenters. The van der Waals surface area contributed by atoms with Crippen LogP contribution in [0.4, 0.5) is 0 Å². The van der Waals surface area contributed by atoms with Crippen LogP contribution in [0.2, 0.25) is 0 Å². The Morgan fingerprint density at radius 2 is 2.20 bits per heavy atom. The lowest BCUT2D eigenvalue weighted by Crippen LogP contribution is -2.28. The molecule has 8 heteroatoms. The van der Waals surface area contributed by atoms with E-state index < -0.39 is 15.1 Å². The van der Waals surface area contributed by atoms with Crippen molar-refractivity contribution in [2.24, 2.45) is 0 Å². The second kappa shape index (κ2) is 3.60. The lowest BCUT2D eigenvalue weighted by Gasteiger charge is -2.08. The van der Waals surface area contributed by atoms with Crippen molar-refractivity contribution in [3.63, 3.8) is 0 Å². The predicted molar refractivity (Wildman–Crippen MR) is 57.0 cm³/mol. The molecule has 0 spiro atoms. The van der Waals surface area contributed by atoms with Crippen molar-refractivity contribution in [2.75, 3.05) is 5.75 Å². The number of rotatable bonds is 2. The van der Waals surface area contributed by atoms with Gasteiger partial charge in [0.15, 0.2) is 14.6 Å². The Hall–Kier alpha value is -0.890. The average Bonchev–Trinajstić information content (AvgIpc) is 2.63. The van der Waals surface area contributed by atoms with Gasteiger partial charge in [0, 0.05) is 6.54 Å². The Morgan fingerprint density at radius 3 is 2.67 bits per heavy atom. The quantitative estimate of drug-likeness (QED) is 0.711. The van der Waals surface area contributed by atoms with Gasteiger partial charge in [-0.2, -0.15) is 0 Å². The maximum Gasteiger partial charge on any atom is 0.342 e. The maximum absolute atomic E-state index is 11.5. The van der Waals surface area contributed by atoms with E-state index in [1.807, 2.05) is 0 Å². The second-order valence-corrected chi connectivity index (χ2v) is 6.39. The Labute approximate surface area is 91.2 Å². The molecule has 0 aromatic carbocycles. The van der Waals surface area contributed by atoms with Crippen LogP contribution in [0.1, 0.15) is 12.8 Å². The smallest absolute Gasteiger partial charge is 0.272 e. The lowest BCUT2D eigenvalue weighted by molar-refractivity contribution is 0.558. The number of sulfone groups is 1. The Morgan fingerprint density at radius 1 is 1.47 bits per heavy atom. The topological polar surface area (TPSA) is 87.7 Å². The van der Waals surface area contributed by atoms with Gasteiger partial charge in [-0.05, 0) is 25.1 Å². The molecule has 0 saturated carbocycles. The van der Waals surface area contributed by atoms with E-state index in [0.29, 0.717) is 12.8 Å². The van der Waals surface area contributed by atoms with Gasteiger partial charge >= 0.3 is 5.69 Å². The van der Waals surface area contributed by atoms with Gasteiger partial charge in [-0.25, -0.2) is 18.3 Å². The number of hydrogen-bond acceptors (Lipinski definition) is 4. The van der Waals surface area contributed by atoms with Gasteiger partial charge in [-0.3, -0.25) is 9.67 Å². The van der Waals surface area contributed by atoms with Gasteiger partial charge in [0.2, 0.25) is 0 Å². The van der Waals surface area contributed by atoms with E-state index in [2.05, 4.69) is 10.2 Å². The monoisotopic (exact) mass is 249 g/mol. The molecule has 1 aromatic heterocycles. The van der Waals surface area contributed by atoms with Crippen LogP contribution < -0.4 is 5.69 Å². The molecule has 2 rings (SSSR count). The number of hydrogen-bond donors (Lipinski definition) is 2. The molecule has 0 bridgehead atoms. The summed E-state index contributed by atoms with van der Waals surface area (Å²) in [5.41, 5.74) is -0.387. The summed E-state index contributed by atoms with van der Waals surface area (Å²) < 4.78 is 24.6. The standard InChI is InChI=1S/C7H11N3O3S2/c11-6-8-9-7(14)10(6)4-5-2-1-3-15(5,12)13/h5H,1-4H2,(H,8,11)(H,9,14). The number of aromatic amines is 2. The van der Waals surface area contributed by atoms with Gasteiger partial charge in [0.1, 0.15) is 0 Å².